The normalized spacial score (nSPS) is 12.6. The predicted molar refractivity (Wildman–Crippen MR) is 324 cm³/mol. The van der Waals surface area contributed by atoms with Gasteiger partial charge in [-0.25, -0.2) is 0 Å². The van der Waals surface area contributed by atoms with Gasteiger partial charge in [0.2, 0.25) is 0 Å². The lowest BCUT2D eigenvalue weighted by Crippen LogP contribution is -2.28. The zero-order chi connectivity index (χ0) is 51.1. The highest BCUT2D eigenvalue weighted by atomic mass is 15.0. The number of benzene rings is 12. The lowest BCUT2D eigenvalue weighted by molar-refractivity contribution is 0.767. The van der Waals surface area contributed by atoms with Gasteiger partial charge in [-0.15, -0.1) is 0 Å². The first kappa shape index (κ1) is 45.8. The lowest BCUT2D eigenvalue weighted by Gasteiger charge is -2.34. The standard InChI is InChI=1S/C76H53N/c1-5-21-53(22-6-1)49-60(50-54-37-39-57(40-38-54)65-30-14-13-29-64(65)56-23-7-2-8-24-56)55-41-43-58(44-42-55)66-31-15-16-32-67(66)59-45-47-71-70-34-18-20-36-74(70)77(75(71)51-59)63-46-48-69-68-33-17-19-35-72(68)76(73(69)52-63,61-25-9-3-10-26-61)62-27-11-4-12-28-62/h1-49,51-52H,50H2/b60-49-. The second-order valence-electron chi connectivity index (χ2n) is 20.3. The molecule has 362 valence electrons. The molecule has 0 saturated heterocycles. The molecular formula is C76H53N. The molecule has 1 aliphatic rings. The van der Waals surface area contributed by atoms with Gasteiger partial charge in [-0.1, -0.05) is 285 Å². The average Bonchev–Trinajstić information content (AvgIpc) is 4.25. The minimum atomic E-state index is -0.497. The molecule has 1 aliphatic carbocycles. The summed E-state index contributed by atoms with van der Waals surface area (Å²) in [5.41, 5.74) is 25.3. The van der Waals surface area contributed by atoms with Crippen LogP contribution in [0.4, 0.5) is 0 Å². The third-order valence-electron chi connectivity index (χ3n) is 16.0. The zero-order valence-corrected chi connectivity index (χ0v) is 42.6. The van der Waals surface area contributed by atoms with E-state index in [4.69, 9.17) is 0 Å². The SMILES string of the molecule is C(=C(\Cc1ccc(-c2ccccc2-c2ccccc2)cc1)c1ccc(-c2ccccc2-c2ccc3c4ccccc4n(-c4ccc5c(c4)C(c4ccccc4)(c4ccccc4)c4ccccc4-5)c3c2)cc1)/c1ccccc1. The number of para-hydroxylation sites is 1. The molecule has 0 unspecified atom stereocenters. The van der Waals surface area contributed by atoms with Gasteiger partial charge >= 0.3 is 0 Å². The third kappa shape index (κ3) is 8.04. The van der Waals surface area contributed by atoms with E-state index in [1.54, 1.807) is 0 Å². The van der Waals surface area contributed by atoms with Crippen LogP contribution in [-0.4, -0.2) is 4.57 Å². The van der Waals surface area contributed by atoms with Crippen LogP contribution in [0.25, 0.3) is 94.8 Å². The van der Waals surface area contributed by atoms with Gasteiger partial charge in [-0.2, -0.15) is 0 Å². The Morgan fingerprint density at radius 2 is 0.792 bits per heavy atom. The molecule has 13 aromatic rings. The highest BCUT2D eigenvalue weighted by molar-refractivity contribution is 6.10. The maximum absolute atomic E-state index is 2.49. The number of nitrogens with zero attached hydrogens (tertiary/aromatic N) is 1. The van der Waals surface area contributed by atoms with Crippen molar-refractivity contribution in [3.63, 3.8) is 0 Å². The maximum atomic E-state index is 2.49. The van der Waals surface area contributed by atoms with E-state index in [-0.39, 0.29) is 0 Å². The summed E-state index contributed by atoms with van der Waals surface area (Å²) in [7, 11) is 0. The molecule has 14 rings (SSSR count). The van der Waals surface area contributed by atoms with Crippen LogP contribution in [0.1, 0.15) is 38.9 Å². The number of rotatable bonds is 11. The molecule has 0 N–H and O–H groups in total. The topological polar surface area (TPSA) is 4.93 Å². The zero-order valence-electron chi connectivity index (χ0n) is 42.6. The fraction of sp³-hybridized carbons (Fsp3) is 0.0263. The largest absolute Gasteiger partial charge is 0.309 e. The molecule has 1 heterocycles. The molecule has 0 radical (unpaired) electrons. The third-order valence-corrected chi connectivity index (χ3v) is 16.0. The van der Waals surface area contributed by atoms with E-state index in [0.717, 1.165) is 12.1 Å². The second-order valence-corrected chi connectivity index (χ2v) is 20.3. The molecule has 0 fully saturated rings. The summed E-state index contributed by atoms with van der Waals surface area (Å²) in [4.78, 5) is 0. The summed E-state index contributed by atoms with van der Waals surface area (Å²) in [6.45, 7) is 0. The summed E-state index contributed by atoms with van der Waals surface area (Å²) in [5.74, 6) is 0. The van der Waals surface area contributed by atoms with Crippen LogP contribution < -0.4 is 0 Å². The maximum Gasteiger partial charge on any atom is 0.0714 e. The number of hydrogen-bond donors (Lipinski definition) is 0. The van der Waals surface area contributed by atoms with Crippen molar-refractivity contribution < 1.29 is 0 Å². The Kier molecular flexibility index (Phi) is 11.6. The van der Waals surface area contributed by atoms with Crippen LogP contribution in [0.3, 0.4) is 0 Å². The molecule has 1 aromatic heterocycles. The van der Waals surface area contributed by atoms with Gasteiger partial charge in [0.15, 0.2) is 0 Å². The van der Waals surface area contributed by atoms with E-state index in [1.165, 1.54) is 122 Å². The molecule has 0 aliphatic heterocycles. The first-order valence-electron chi connectivity index (χ1n) is 26.8. The van der Waals surface area contributed by atoms with Crippen molar-refractivity contribution in [3.05, 3.63) is 342 Å². The summed E-state index contributed by atoms with van der Waals surface area (Å²) < 4.78 is 2.49. The van der Waals surface area contributed by atoms with Crippen molar-refractivity contribution in [2.75, 3.05) is 0 Å². The predicted octanol–water partition coefficient (Wildman–Crippen LogP) is 19.6. The van der Waals surface area contributed by atoms with Crippen molar-refractivity contribution in [1.82, 2.24) is 4.57 Å². The van der Waals surface area contributed by atoms with Crippen molar-refractivity contribution in [1.29, 1.82) is 0 Å². The Balaban J connectivity index is 0.838. The quantitative estimate of drug-likeness (QED) is 0.114. The number of aromatic nitrogens is 1. The Morgan fingerprint density at radius 3 is 1.43 bits per heavy atom. The Labute approximate surface area is 451 Å². The summed E-state index contributed by atoms with van der Waals surface area (Å²) >= 11 is 0. The minimum absolute atomic E-state index is 0.497. The molecule has 1 heteroatoms. The first-order valence-corrected chi connectivity index (χ1v) is 26.8. The summed E-state index contributed by atoms with van der Waals surface area (Å²) in [5, 5.41) is 2.47. The van der Waals surface area contributed by atoms with Crippen molar-refractivity contribution >= 4 is 33.5 Å². The molecule has 0 spiro atoms. The van der Waals surface area contributed by atoms with Gasteiger partial charge in [0.1, 0.15) is 0 Å². The molecule has 12 aromatic carbocycles. The van der Waals surface area contributed by atoms with Crippen LogP contribution in [0.15, 0.2) is 303 Å². The van der Waals surface area contributed by atoms with Crippen LogP contribution in [0.5, 0.6) is 0 Å². The van der Waals surface area contributed by atoms with Crippen LogP contribution in [0, 0.1) is 0 Å². The van der Waals surface area contributed by atoms with Crippen molar-refractivity contribution in [2.24, 2.45) is 0 Å². The van der Waals surface area contributed by atoms with Crippen LogP contribution in [-0.2, 0) is 11.8 Å². The Morgan fingerprint density at radius 1 is 0.325 bits per heavy atom. The lowest BCUT2D eigenvalue weighted by atomic mass is 9.67. The summed E-state index contributed by atoms with van der Waals surface area (Å²) in [6.07, 6.45) is 3.15. The highest BCUT2D eigenvalue weighted by Gasteiger charge is 2.46. The highest BCUT2D eigenvalue weighted by Crippen LogP contribution is 2.56. The number of allylic oxidation sites excluding steroid dienone is 1. The van der Waals surface area contributed by atoms with Crippen molar-refractivity contribution in [3.8, 4) is 61.3 Å². The second kappa shape index (κ2) is 19.5. The Bertz CT molecular complexity index is 4260. The van der Waals surface area contributed by atoms with E-state index in [0.29, 0.717) is 0 Å². The molecule has 0 amide bonds. The molecule has 1 nitrogen and oxygen atoms in total. The van der Waals surface area contributed by atoms with Crippen LogP contribution >= 0.6 is 0 Å². The van der Waals surface area contributed by atoms with Gasteiger partial charge in [-0.05, 0) is 131 Å². The van der Waals surface area contributed by atoms with E-state index in [2.05, 4.69) is 314 Å². The smallest absolute Gasteiger partial charge is 0.0714 e. The molecule has 0 saturated carbocycles. The van der Waals surface area contributed by atoms with Crippen molar-refractivity contribution in [2.45, 2.75) is 11.8 Å². The van der Waals surface area contributed by atoms with Gasteiger partial charge in [-0.3, -0.25) is 0 Å². The minimum Gasteiger partial charge on any atom is -0.309 e. The number of fused-ring (bicyclic) bond motifs is 6. The number of hydrogen-bond acceptors (Lipinski definition) is 0. The fourth-order valence-corrected chi connectivity index (χ4v) is 12.5. The van der Waals surface area contributed by atoms with Crippen LogP contribution in [0.2, 0.25) is 0 Å². The monoisotopic (exact) mass is 979 g/mol. The van der Waals surface area contributed by atoms with E-state index in [9.17, 15) is 0 Å². The Hall–Kier alpha value is -9.82. The summed E-state index contributed by atoms with van der Waals surface area (Å²) in [6, 6.07) is 112. The molecular weight excluding hydrogens is 927 g/mol. The van der Waals surface area contributed by atoms with Gasteiger partial charge in [0.05, 0.1) is 16.4 Å². The van der Waals surface area contributed by atoms with E-state index in [1.807, 2.05) is 0 Å². The van der Waals surface area contributed by atoms with E-state index >= 15 is 0 Å². The van der Waals surface area contributed by atoms with Gasteiger partial charge in [0, 0.05) is 16.5 Å². The molecule has 0 atom stereocenters. The van der Waals surface area contributed by atoms with Gasteiger partial charge in [0.25, 0.3) is 0 Å². The fourth-order valence-electron chi connectivity index (χ4n) is 12.5. The van der Waals surface area contributed by atoms with Gasteiger partial charge < -0.3 is 4.57 Å². The molecule has 0 bridgehead atoms. The molecule has 77 heavy (non-hydrogen) atoms. The average molecular weight is 980 g/mol. The first-order chi connectivity index (χ1) is 38.2. The van der Waals surface area contributed by atoms with E-state index < -0.39 is 5.41 Å².